The first-order chi connectivity index (χ1) is 9.65. The van der Waals surface area contributed by atoms with Gasteiger partial charge in [-0.15, -0.1) is 0 Å². The molecule has 0 fully saturated rings. The van der Waals surface area contributed by atoms with Crippen LogP contribution in [0.2, 0.25) is 5.54 Å². The van der Waals surface area contributed by atoms with E-state index >= 15 is 0 Å². The fourth-order valence-electron chi connectivity index (χ4n) is 2.12. The minimum atomic E-state index is 0.159. The van der Waals surface area contributed by atoms with Gasteiger partial charge in [-0.3, -0.25) is 0 Å². The summed E-state index contributed by atoms with van der Waals surface area (Å²) in [5.74, 6) is 0. The zero-order chi connectivity index (χ0) is 15.0. The molecule has 0 amide bonds. The van der Waals surface area contributed by atoms with Crippen molar-refractivity contribution in [1.82, 2.24) is 0 Å². The average Bonchev–Trinajstić information content (AvgIpc) is 2.51. The predicted octanol–water partition coefficient (Wildman–Crippen LogP) is 4.65. The van der Waals surface area contributed by atoms with Crippen LogP contribution in [0.5, 0.6) is 0 Å². The van der Waals surface area contributed by atoms with Crippen molar-refractivity contribution in [1.29, 1.82) is 0 Å². The maximum atomic E-state index is 6.17. The zero-order valence-electron chi connectivity index (χ0n) is 13.1. The van der Waals surface area contributed by atoms with Crippen molar-refractivity contribution in [3.05, 3.63) is 42.0 Å². The summed E-state index contributed by atoms with van der Waals surface area (Å²) >= 11 is 0. The standard InChI is InChI=1S/C17H26O2Si/c1-6-14-10-9-11-15(12-14)16(7-2)19-20-17(8-3)13(4)18-5/h6,9-13,16-17H,1,7-8H2,2-5H3. The molecule has 1 aromatic carbocycles. The maximum absolute atomic E-state index is 6.17. The van der Waals surface area contributed by atoms with Crippen LogP contribution in [-0.2, 0) is 9.16 Å². The second kappa shape index (κ2) is 9.11. The van der Waals surface area contributed by atoms with E-state index in [2.05, 4.69) is 51.6 Å². The second-order valence-corrected chi connectivity index (χ2v) is 6.18. The van der Waals surface area contributed by atoms with Crippen LogP contribution in [0.3, 0.4) is 0 Å². The van der Waals surface area contributed by atoms with Crippen LogP contribution in [0.15, 0.2) is 30.8 Å². The van der Waals surface area contributed by atoms with Gasteiger partial charge in [0.25, 0.3) is 0 Å². The van der Waals surface area contributed by atoms with Crippen LogP contribution in [-0.4, -0.2) is 23.0 Å². The van der Waals surface area contributed by atoms with E-state index in [9.17, 15) is 0 Å². The molecule has 0 heterocycles. The normalized spacial score (nSPS) is 15.6. The van der Waals surface area contributed by atoms with Gasteiger partial charge in [0, 0.05) is 12.7 Å². The molecule has 2 radical (unpaired) electrons. The highest BCUT2D eigenvalue weighted by molar-refractivity contribution is 6.29. The van der Waals surface area contributed by atoms with Gasteiger partial charge >= 0.3 is 0 Å². The number of ether oxygens (including phenoxy) is 1. The van der Waals surface area contributed by atoms with Crippen LogP contribution < -0.4 is 0 Å². The Hall–Kier alpha value is -0.903. The quantitative estimate of drug-likeness (QED) is 0.616. The molecule has 2 nitrogen and oxygen atoms in total. The molecule has 3 unspecified atom stereocenters. The summed E-state index contributed by atoms with van der Waals surface area (Å²) in [7, 11) is 2.24. The summed E-state index contributed by atoms with van der Waals surface area (Å²) < 4.78 is 11.6. The van der Waals surface area contributed by atoms with Crippen molar-refractivity contribution in [3.8, 4) is 0 Å². The van der Waals surface area contributed by atoms with Gasteiger partial charge in [0.15, 0.2) is 0 Å². The van der Waals surface area contributed by atoms with E-state index in [4.69, 9.17) is 9.16 Å². The Labute approximate surface area is 126 Å². The van der Waals surface area contributed by atoms with E-state index in [1.807, 2.05) is 6.08 Å². The molecular formula is C17H26O2Si. The molecule has 0 aromatic heterocycles. The lowest BCUT2D eigenvalue weighted by molar-refractivity contribution is 0.101. The van der Waals surface area contributed by atoms with Crippen molar-refractivity contribution in [3.63, 3.8) is 0 Å². The molecule has 3 heteroatoms. The largest absolute Gasteiger partial charge is 0.410 e. The molecule has 0 N–H and O–H groups in total. The van der Waals surface area contributed by atoms with E-state index in [0.29, 0.717) is 15.3 Å². The predicted molar refractivity (Wildman–Crippen MR) is 86.9 cm³/mol. The lowest BCUT2D eigenvalue weighted by Crippen LogP contribution is -2.22. The minimum Gasteiger partial charge on any atom is -0.410 e. The molecule has 1 rings (SSSR count). The molecule has 20 heavy (non-hydrogen) atoms. The number of hydrogen-bond donors (Lipinski definition) is 0. The average molecular weight is 290 g/mol. The van der Waals surface area contributed by atoms with Crippen molar-refractivity contribution < 1.29 is 9.16 Å². The van der Waals surface area contributed by atoms with Gasteiger partial charge in [-0.05, 0) is 30.5 Å². The fourth-order valence-corrected chi connectivity index (χ4v) is 3.25. The molecular weight excluding hydrogens is 264 g/mol. The first-order valence-corrected chi connectivity index (χ1v) is 8.31. The number of methoxy groups -OCH3 is 1. The van der Waals surface area contributed by atoms with E-state index in [0.717, 1.165) is 18.4 Å². The smallest absolute Gasteiger partial charge is 0.236 e. The summed E-state index contributed by atoms with van der Waals surface area (Å²) in [6.45, 7) is 10.3. The van der Waals surface area contributed by atoms with Crippen LogP contribution in [0.25, 0.3) is 6.08 Å². The van der Waals surface area contributed by atoms with E-state index in [1.54, 1.807) is 7.11 Å². The number of rotatable bonds is 9. The molecule has 0 bridgehead atoms. The Morgan fingerprint density at radius 3 is 2.60 bits per heavy atom. The zero-order valence-corrected chi connectivity index (χ0v) is 14.1. The van der Waals surface area contributed by atoms with Gasteiger partial charge < -0.3 is 9.16 Å². The van der Waals surface area contributed by atoms with E-state index in [-0.39, 0.29) is 12.2 Å². The number of benzene rings is 1. The van der Waals surface area contributed by atoms with Gasteiger partial charge in [-0.1, -0.05) is 51.1 Å². The van der Waals surface area contributed by atoms with Crippen LogP contribution in [0.1, 0.15) is 50.8 Å². The van der Waals surface area contributed by atoms with Crippen molar-refractivity contribution in [2.75, 3.05) is 7.11 Å². The monoisotopic (exact) mass is 290 g/mol. The lowest BCUT2D eigenvalue weighted by atomic mass is 10.0. The molecule has 0 aliphatic heterocycles. The molecule has 0 saturated carbocycles. The molecule has 3 atom stereocenters. The lowest BCUT2D eigenvalue weighted by Gasteiger charge is -2.23. The Bertz CT molecular complexity index is 406. The highest BCUT2D eigenvalue weighted by Gasteiger charge is 2.20. The SMILES string of the molecule is C=Cc1cccc(C(CC)O[Si]C(CC)C(C)OC)c1. The molecule has 0 spiro atoms. The van der Waals surface area contributed by atoms with Gasteiger partial charge in [0.1, 0.15) is 0 Å². The third kappa shape index (κ3) is 4.89. The van der Waals surface area contributed by atoms with Gasteiger partial charge in [0.05, 0.1) is 12.2 Å². The maximum Gasteiger partial charge on any atom is 0.236 e. The summed E-state index contributed by atoms with van der Waals surface area (Å²) in [5.41, 5.74) is 2.85. The third-order valence-electron chi connectivity index (χ3n) is 3.63. The summed E-state index contributed by atoms with van der Waals surface area (Å²) in [4.78, 5) is 0. The van der Waals surface area contributed by atoms with Gasteiger partial charge in [0.2, 0.25) is 9.76 Å². The fraction of sp³-hybridized carbons (Fsp3) is 0.529. The van der Waals surface area contributed by atoms with Crippen molar-refractivity contribution >= 4 is 15.8 Å². The highest BCUT2D eigenvalue weighted by atomic mass is 28.2. The third-order valence-corrected chi connectivity index (χ3v) is 5.23. The summed E-state index contributed by atoms with van der Waals surface area (Å²) in [6.07, 6.45) is 4.34. The Morgan fingerprint density at radius 2 is 2.05 bits per heavy atom. The Morgan fingerprint density at radius 1 is 1.30 bits per heavy atom. The molecule has 0 aliphatic rings. The van der Waals surface area contributed by atoms with E-state index in [1.165, 1.54) is 5.56 Å². The summed E-state index contributed by atoms with van der Waals surface area (Å²) in [5, 5.41) is 0. The molecule has 0 aliphatic carbocycles. The first kappa shape index (κ1) is 17.1. The molecule has 110 valence electrons. The van der Waals surface area contributed by atoms with E-state index < -0.39 is 0 Å². The Kier molecular flexibility index (Phi) is 7.81. The number of hydrogen-bond acceptors (Lipinski definition) is 2. The molecule has 1 aromatic rings. The topological polar surface area (TPSA) is 18.5 Å². The van der Waals surface area contributed by atoms with Crippen molar-refractivity contribution in [2.45, 2.75) is 51.4 Å². The first-order valence-electron chi connectivity index (χ1n) is 7.32. The van der Waals surface area contributed by atoms with Crippen LogP contribution >= 0.6 is 0 Å². The van der Waals surface area contributed by atoms with Gasteiger partial charge in [-0.25, -0.2) is 0 Å². The summed E-state index contributed by atoms with van der Waals surface area (Å²) in [6, 6.07) is 8.42. The van der Waals surface area contributed by atoms with Crippen molar-refractivity contribution in [2.24, 2.45) is 0 Å². The second-order valence-electron chi connectivity index (χ2n) is 4.96. The Balaban J connectivity index is 2.68. The van der Waals surface area contributed by atoms with Crippen LogP contribution in [0, 0.1) is 0 Å². The van der Waals surface area contributed by atoms with Gasteiger partial charge in [-0.2, -0.15) is 0 Å². The van der Waals surface area contributed by atoms with Crippen LogP contribution in [0.4, 0.5) is 0 Å². The minimum absolute atomic E-state index is 0.159. The molecule has 0 saturated heterocycles. The highest BCUT2D eigenvalue weighted by Crippen LogP contribution is 2.25.